The average Bonchev–Trinajstić information content (AvgIpc) is 2.88. The van der Waals surface area contributed by atoms with E-state index in [-0.39, 0.29) is 17.0 Å². The van der Waals surface area contributed by atoms with Gasteiger partial charge in [-0.1, -0.05) is 13.8 Å². The Hall–Kier alpha value is -0.560. The molecule has 0 amide bonds. The average molecular weight is 395 g/mol. The molecule has 2 N–H and O–H groups in total. The number of hydrogen-bond acceptors (Lipinski definition) is 4. The summed E-state index contributed by atoms with van der Waals surface area (Å²) in [5.74, 6) is 2.19. The smallest absolute Gasteiger partial charge is 0.197 e. The molecule has 0 saturated carbocycles. The lowest BCUT2D eigenvalue weighted by Crippen LogP contribution is -2.27. The van der Waals surface area contributed by atoms with Crippen molar-refractivity contribution in [3.63, 3.8) is 0 Å². The van der Waals surface area contributed by atoms with E-state index >= 15 is 0 Å². The van der Waals surface area contributed by atoms with Crippen LogP contribution >= 0.6 is 32.9 Å². The minimum absolute atomic E-state index is 0. The number of aliphatic imine (C=N–C) groups is 1. The molecule has 1 aliphatic rings. The molecule has 5 nitrogen and oxygen atoms in total. The fourth-order valence-corrected chi connectivity index (χ4v) is 2.70. The van der Waals surface area contributed by atoms with Crippen LogP contribution in [-0.2, 0) is 0 Å². The number of anilines is 1. The van der Waals surface area contributed by atoms with Crippen LogP contribution < -0.4 is 10.6 Å². The van der Waals surface area contributed by atoms with E-state index in [0.717, 1.165) is 35.0 Å². The maximum atomic E-state index is 4.68. The van der Waals surface area contributed by atoms with Crippen LogP contribution in [0.3, 0.4) is 0 Å². The van der Waals surface area contributed by atoms with Crippen LogP contribution in [0.4, 0.5) is 5.82 Å². The van der Waals surface area contributed by atoms with Gasteiger partial charge < -0.3 is 10.6 Å². The third-order valence-electron chi connectivity index (χ3n) is 2.82. The summed E-state index contributed by atoms with van der Waals surface area (Å²) in [6, 6.07) is 0.304. The van der Waals surface area contributed by atoms with Crippen molar-refractivity contribution in [2.45, 2.75) is 39.7 Å². The Bertz CT molecular complexity index is 465. The normalized spacial score (nSPS) is 14.4. The van der Waals surface area contributed by atoms with Crippen molar-refractivity contribution in [3.05, 3.63) is 10.2 Å². The van der Waals surface area contributed by atoms with E-state index in [1.165, 1.54) is 0 Å². The Morgan fingerprint density at radius 3 is 2.47 bits per heavy atom. The predicted octanol–water partition coefficient (Wildman–Crippen LogP) is 3.30. The quantitative estimate of drug-likeness (QED) is 0.826. The first-order valence-electron chi connectivity index (χ1n) is 6.34. The molecule has 0 saturated heterocycles. The van der Waals surface area contributed by atoms with Crippen LogP contribution in [0.15, 0.2) is 9.47 Å². The van der Waals surface area contributed by atoms with Crippen LogP contribution in [0.1, 0.15) is 45.3 Å². The standard InChI is InChI=1S/C12H20BrN5.BrH/c1-7(2)10-9(13)11(18(17-10)8(3)4)16-12-14-5-6-15-12;/h7-8H,5-6H2,1-4H3,(H2,14,15,16);1H. The van der Waals surface area contributed by atoms with E-state index < -0.39 is 0 Å². The van der Waals surface area contributed by atoms with Crippen molar-refractivity contribution >= 4 is 44.7 Å². The highest BCUT2D eigenvalue weighted by Gasteiger charge is 2.21. The molecule has 2 heterocycles. The zero-order valence-corrected chi connectivity index (χ0v) is 15.0. The summed E-state index contributed by atoms with van der Waals surface area (Å²) in [5.41, 5.74) is 1.07. The van der Waals surface area contributed by atoms with Gasteiger partial charge in [0.2, 0.25) is 0 Å². The highest BCUT2D eigenvalue weighted by Crippen LogP contribution is 2.33. The Labute approximate surface area is 133 Å². The van der Waals surface area contributed by atoms with E-state index in [0.29, 0.717) is 12.0 Å². The molecule has 1 aromatic heterocycles. The molecule has 0 atom stereocenters. The van der Waals surface area contributed by atoms with Gasteiger partial charge in [0.25, 0.3) is 0 Å². The molecule has 1 aromatic rings. The van der Waals surface area contributed by atoms with Crippen LogP contribution in [0, 0.1) is 0 Å². The zero-order valence-electron chi connectivity index (χ0n) is 11.7. The van der Waals surface area contributed by atoms with Crippen LogP contribution in [0.5, 0.6) is 0 Å². The van der Waals surface area contributed by atoms with E-state index in [4.69, 9.17) is 0 Å². The number of aromatic nitrogens is 2. The van der Waals surface area contributed by atoms with Gasteiger partial charge in [-0.2, -0.15) is 5.10 Å². The predicted molar refractivity (Wildman–Crippen MR) is 88.7 cm³/mol. The molecule has 0 spiro atoms. The van der Waals surface area contributed by atoms with Gasteiger partial charge in [0.15, 0.2) is 5.96 Å². The molecular weight excluding hydrogens is 374 g/mol. The minimum Gasteiger partial charge on any atom is -0.354 e. The molecule has 1 aliphatic heterocycles. The highest BCUT2D eigenvalue weighted by atomic mass is 79.9. The molecule has 0 fully saturated rings. The summed E-state index contributed by atoms with van der Waals surface area (Å²) >= 11 is 3.65. The summed E-state index contributed by atoms with van der Waals surface area (Å²) in [7, 11) is 0. The Morgan fingerprint density at radius 2 is 2.00 bits per heavy atom. The van der Waals surface area contributed by atoms with Crippen LogP contribution in [0.2, 0.25) is 0 Å². The summed E-state index contributed by atoms with van der Waals surface area (Å²) in [6.07, 6.45) is 0. The number of rotatable bonds is 3. The lowest BCUT2D eigenvalue weighted by Gasteiger charge is -2.13. The van der Waals surface area contributed by atoms with Gasteiger partial charge in [-0.15, -0.1) is 17.0 Å². The van der Waals surface area contributed by atoms with Gasteiger partial charge in [0.1, 0.15) is 5.82 Å². The topological polar surface area (TPSA) is 54.2 Å². The Balaban J connectivity index is 0.00000180. The molecule has 0 radical (unpaired) electrons. The van der Waals surface area contributed by atoms with Crippen molar-refractivity contribution in [1.82, 2.24) is 15.1 Å². The molecule has 19 heavy (non-hydrogen) atoms. The van der Waals surface area contributed by atoms with Crippen LogP contribution in [-0.4, -0.2) is 28.8 Å². The fourth-order valence-electron chi connectivity index (χ4n) is 1.88. The van der Waals surface area contributed by atoms with Gasteiger partial charge in [0.05, 0.1) is 16.7 Å². The van der Waals surface area contributed by atoms with E-state index in [1.807, 2.05) is 4.68 Å². The van der Waals surface area contributed by atoms with Crippen molar-refractivity contribution in [3.8, 4) is 0 Å². The van der Waals surface area contributed by atoms with Gasteiger partial charge in [-0.3, -0.25) is 4.99 Å². The molecule has 7 heteroatoms. The van der Waals surface area contributed by atoms with Crippen molar-refractivity contribution < 1.29 is 0 Å². The van der Waals surface area contributed by atoms with Crippen molar-refractivity contribution in [1.29, 1.82) is 0 Å². The molecule has 108 valence electrons. The number of nitrogens with one attached hydrogen (secondary N) is 2. The monoisotopic (exact) mass is 393 g/mol. The van der Waals surface area contributed by atoms with Crippen LogP contribution in [0.25, 0.3) is 0 Å². The molecule has 0 aliphatic carbocycles. The maximum absolute atomic E-state index is 4.68. The van der Waals surface area contributed by atoms with Gasteiger partial charge >= 0.3 is 0 Å². The van der Waals surface area contributed by atoms with Gasteiger partial charge in [-0.25, -0.2) is 4.68 Å². The first kappa shape index (κ1) is 16.5. The Morgan fingerprint density at radius 1 is 1.32 bits per heavy atom. The summed E-state index contributed by atoms with van der Waals surface area (Å²) < 4.78 is 3.03. The SMILES string of the molecule is Br.CC(C)c1nn(C(C)C)c(NC2=NCCN2)c1Br. The van der Waals surface area contributed by atoms with Gasteiger partial charge in [0, 0.05) is 12.6 Å². The molecule has 2 rings (SSSR count). The van der Waals surface area contributed by atoms with E-state index in [1.54, 1.807) is 0 Å². The second-order valence-corrected chi connectivity index (χ2v) is 5.82. The first-order chi connectivity index (χ1) is 8.50. The summed E-state index contributed by atoms with van der Waals surface area (Å²) in [5, 5.41) is 11.2. The minimum atomic E-state index is 0. The largest absolute Gasteiger partial charge is 0.354 e. The first-order valence-corrected chi connectivity index (χ1v) is 7.13. The maximum Gasteiger partial charge on any atom is 0.197 e. The lowest BCUT2D eigenvalue weighted by atomic mass is 10.1. The van der Waals surface area contributed by atoms with Crippen molar-refractivity contribution in [2.75, 3.05) is 18.4 Å². The summed E-state index contributed by atoms with van der Waals surface area (Å²) in [4.78, 5) is 4.36. The second-order valence-electron chi connectivity index (χ2n) is 5.02. The number of hydrogen-bond donors (Lipinski definition) is 2. The zero-order chi connectivity index (χ0) is 13.3. The number of halogens is 2. The number of guanidine groups is 1. The summed E-state index contributed by atoms with van der Waals surface area (Å²) in [6.45, 7) is 10.3. The molecule has 0 bridgehead atoms. The second kappa shape index (κ2) is 6.74. The number of nitrogens with zero attached hydrogens (tertiary/aromatic N) is 3. The fraction of sp³-hybridized carbons (Fsp3) is 0.667. The Kier molecular flexibility index (Phi) is 5.85. The van der Waals surface area contributed by atoms with Crippen molar-refractivity contribution in [2.24, 2.45) is 4.99 Å². The van der Waals surface area contributed by atoms with E-state index in [2.05, 4.69) is 64.3 Å². The third-order valence-corrected chi connectivity index (χ3v) is 3.61. The molecular formula is C12H21Br2N5. The lowest BCUT2D eigenvalue weighted by molar-refractivity contribution is 0.529. The van der Waals surface area contributed by atoms with E-state index in [9.17, 15) is 0 Å². The molecule has 0 aromatic carbocycles. The third kappa shape index (κ3) is 3.51. The molecule has 0 unspecified atom stereocenters. The van der Waals surface area contributed by atoms with Gasteiger partial charge in [-0.05, 0) is 35.7 Å². The highest BCUT2D eigenvalue weighted by molar-refractivity contribution is 9.10.